The van der Waals surface area contributed by atoms with Gasteiger partial charge in [-0.2, -0.15) is 0 Å². The molecule has 2 heterocycles. The molecule has 1 aromatic rings. The van der Waals surface area contributed by atoms with E-state index >= 15 is 0 Å². The second-order valence-electron chi connectivity index (χ2n) is 4.58. The summed E-state index contributed by atoms with van der Waals surface area (Å²) in [5, 5.41) is 0.482. The highest BCUT2D eigenvalue weighted by Gasteiger charge is 2.29. The molecule has 1 aromatic heterocycles. The highest BCUT2D eigenvalue weighted by atomic mass is 32.2. The van der Waals surface area contributed by atoms with Crippen LogP contribution in [-0.2, 0) is 9.84 Å². The van der Waals surface area contributed by atoms with Crippen molar-refractivity contribution in [1.29, 1.82) is 0 Å². The molecule has 4 N–H and O–H groups in total. The van der Waals surface area contributed by atoms with Gasteiger partial charge in [-0.3, -0.25) is 9.59 Å². The summed E-state index contributed by atoms with van der Waals surface area (Å²) in [6.07, 6.45) is 0. The number of nitrogen functional groups attached to an aromatic ring is 1. The predicted molar refractivity (Wildman–Crippen MR) is 78.1 cm³/mol. The zero-order chi connectivity index (χ0) is 15.1. The van der Waals surface area contributed by atoms with Crippen LogP contribution in [0.5, 0.6) is 0 Å². The maximum Gasteiger partial charge on any atom is 0.253 e. The quantitative estimate of drug-likeness (QED) is 0.748. The summed E-state index contributed by atoms with van der Waals surface area (Å²) >= 11 is 1.08. The van der Waals surface area contributed by atoms with Gasteiger partial charge in [-0.1, -0.05) is 0 Å². The molecule has 0 aromatic carbocycles. The number of hydrogen-bond donors (Lipinski definition) is 2. The number of thiophene rings is 1. The molecule has 1 saturated heterocycles. The van der Waals surface area contributed by atoms with Crippen molar-refractivity contribution in [2.45, 2.75) is 6.92 Å². The molecule has 1 aliphatic rings. The lowest BCUT2D eigenvalue weighted by Gasteiger charge is -2.28. The minimum Gasteiger partial charge on any atom is -0.397 e. The standard InChI is InChI=1S/C11H15N3O4S2/c1-6(15)9-8(12)7(10(13)16)11(19-9)14-2-4-20(17,18)5-3-14/h2-5,12H2,1H3,(H2,13,16). The summed E-state index contributed by atoms with van der Waals surface area (Å²) in [5.74, 6) is -0.933. The van der Waals surface area contributed by atoms with Gasteiger partial charge >= 0.3 is 0 Å². The first-order valence-electron chi connectivity index (χ1n) is 5.91. The predicted octanol–water partition coefficient (Wildman–Crippen LogP) is -0.133. The van der Waals surface area contributed by atoms with E-state index in [0.29, 0.717) is 5.00 Å². The first-order chi connectivity index (χ1) is 9.23. The number of carbonyl (C=O) groups is 2. The molecule has 1 amide bonds. The van der Waals surface area contributed by atoms with Gasteiger partial charge in [0.05, 0.1) is 27.6 Å². The number of nitrogens with two attached hydrogens (primary N) is 2. The molecule has 0 bridgehead atoms. The van der Waals surface area contributed by atoms with E-state index in [1.807, 2.05) is 0 Å². The van der Waals surface area contributed by atoms with E-state index in [1.165, 1.54) is 6.92 Å². The number of amides is 1. The minimum atomic E-state index is -3.03. The van der Waals surface area contributed by atoms with E-state index < -0.39 is 15.7 Å². The second-order valence-corrected chi connectivity index (χ2v) is 7.89. The van der Waals surface area contributed by atoms with Crippen LogP contribution in [-0.4, -0.2) is 44.7 Å². The molecule has 1 fully saturated rings. The van der Waals surface area contributed by atoms with Gasteiger partial charge in [0.1, 0.15) is 5.00 Å². The molecule has 0 atom stereocenters. The fourth-order valence-electron chi connectivity index (χ4n) is 2.07. The average Bonchev–Trinajstić information content (AvgIpc) is 2.67. The third kappa shape index (κ3) is 2.63. The molecular formula is C11H15N3O4S2. The number of hydrogen-bond acceptors (Lipinski definition) is 7. The van der Waals surface area contributed by atoms with Crippen LogP contribution in [0.4, 0.5) is 10.7 Å². The van der Waals surface area contributed by atoms with E-state index in [1.54, 1.807) is 4.90 Å². The van der Waals surface area contributed by atoms with Crippen LogP contribution < -0.4 is 16.4 Å². The fraction of sp³-hybridized carbons (Fsp3) is 0.455. The topological polar surface area (TPSA) is 124 Å². The number of anilines is 2. The number of ketones is 1. The number of rotatable bonds is 3. The first kappa shape index (κ1) is 14.8. The molecule has 0 radical (unpaired) electrons. The van der Waals surface area contributed by atoms with Gasteiger partial charge in [-0.25, -0.2) is 8.42 Å². The number of primary amides is 1. The minimum absolute atomic E-state index is 0.0123. The fourth-order valence-corrected chi connectivity index (χ4v) is 4.44. The van der Waals surface area contributed by atoms with Crippen LogP contribution in [0.1, 0.15) is 27.0 Å². The molecule has 9 heteroatoms. The summed E-state index contributed by atoms with van der Waals surface area (Å²) in [6, 6.07) is 0. The van der Waals surface area contributed by atoms with E-state index in [2.05, 4.69) is 0 Å². The molecule has 20 heavy (non-hydrogen) atoms. The van der Waals surface area contributed by atoms with Crippen LogP contribution >= 0.6 is 11.3 Å². The Kier molecular flexibility index (Phi) is 3.74. The number of nitrogens with zero attached hydrogens (tertiary/aromatic N) is 1. The van der Waals surface area contributed by atoms with Crippen LogP contribution in [0.15, 0.2) is 0 Å². The smallest absolute Gasteiger partial charge is 0.253 e. The molecule has 0 unspecified atom stereocenters. The summed E-state index contributed by atoms with van der Waals surface area (Å²) in [5.41, 5.74) is 11.3. The highest BCUT2D eigenvalue weighted by molar-refractivity contribution is 7.91. The summed E-state index contributed by atoms with van der Waals surface area (Å²) in [4.78, 5) is 25.1. The van der Waals surface area contributed by atoms with Crippen molar-refractivity contribution >= 4 is 43.6 Å². The Morgan fingerprint density at radius 1 is 1.25 bits per heavy atom. The van der Waals surface area contributed by atoms with Crippen LogP contribution in [0, 0.1) is 0 Å². The lowest BCUT2D eigenvalue weighted by atomic mass is 10.2. The van der Waals surface area contributed by atoms with Gasteiger partial charge < -0.3 is 16.4 Å². The number of sulfone groups is 1. The van der Waals surface area contributed by atoms with Crippen molar-refractivity contribution in [3.63, 3.8) is 0 Å². The molecule has 0 spiro atoms. The second kappa shape index (κ2) is 5.06. The normalized spacial score (nSPS) is 17.9. The summed E-state index contributed by atoms with van der Waals surface area (Å²) < 4.78 is 22.9. The van der Waals surface area contributed by atoms with E-state index in [-0.39, 0.29) is 46.5 Å². The number of carbonyl (C=O) groups excluding carboxylic acids is 2. The van der Waals surface area contributed by atoms with Crippen molar-refractivity contribution in [3.05, 3.63) is 10.4 Å². The van der Waals surface area contributed by atoms with Crippen molar-refractivity contribution in [2.24, 2.45) is 5.73 Å². The van der Waals surface area contributed by atoms with Crippen LogP contribution in [0.25, 0.3) is 0 Å². The van der Waals surface area contributed by atoms with Gasteiger partial charge in [0.25, 0.3) is 5.91 Å². The SMILES string of the molecule is CC(=O)c1sc(N2CCS(=O)(=O)CC2)c(C(N)=O)c1N. The Bertz CT molecular complexity index is 664. The van der Waals surface area contributed by atoms with Gasteiger partial charge in [-0.05, 0) is 0 Å². The van der Waals surface area contributed by atoms with Crippen LogP contribution in [0.2, 0.25) is 0 Å². The summed E-state index contributed by atoms with van der Waals surface area (Å²) in [7, 11) is -3.03. The lowest BCUT2D eigenvalue weighted by Crippen LogP contribution is -2.40. The molecular weight excluding hydrogens is 302 g/mol. The maximum atomic E-state index is 11.5. The van der Waals surface area contributed by atoms with Gasteiger partial charge in [0.2, 0.25) is 0 Å². The van der Waals surface area contributed by atoms with Gasteiger partial charge in [0.15, 0.2) is 15.6 Å². The third-order valence-electron chi connectivity index (χ3n) is 3.12. The Labute approximate surface area is 120 Å². The first-order valence-corrected chi connectivity index (χ1v) is 8.55. The molecule has 1 aliphatic heterocycles. The third-order valence-corrected chi connectivity index (χ3v) is 6.10. The molecule has 110 valence electrons. The van der Waals surface area contributed by atoms with E-state index in [0.717, 1.165) is 11.3 Å². The Morgan fingerprint density at radius 2 is 1.80 bits per heavy atom. The zero-order valence-corrected chi connectivity index (χ0v) is 12.5. The zero-order valence-electron chi connectivity index (χ0n) is 10.9. The molecule has 7 nitrogen and oxygen atoms in total. The van der Waals surface area contributed by atoms with E-state index in [4.69, 9.17) is 11.5 Å². The molecule has 2 rings (SSSR count). The van der Waals surface area contributed by atoms with Crippen molar-refractivity contribution in [2.75, 3.05) is 35.2 Å². The highest BCUT2D eigenvalue weighted by Crippen LogP contribution is 2.38. The van der Waals surface area contributed by atoms with Gasteiger partial charge in [0, 0.05) is 20.0 Å². The average molecular weight is 317 g/mol. The van der Waals surface area contributed by atoms with Crippen molar-refractivity contribution < 1.29 is 18.0 Å². The largest absolute Gasteiger partial charge is 0.397 e. The van der Waals surface area contributed by atoms with Crippen molar-refractivity contribution in [3.8, 4) is 0 Å². The molecule has 0 saturated carbocycles. The van der Waals surface area contributed by atoms with Crippen molar-refractivity contribution in [1.82, 2.24) is 0 Å². The maximum absolute atomic E-state index is 11.5. The molecule has 0 aliphatic carbocycles. The summed E-state index contributed by atoms with van der Waals surface area (Å²) in [6.45, 7) is 1.89. The number of Topliss-reactive ketones (excluding diaryl/α,β-unsaturated/α-hetero) is 1. The monoisotopic (exact) mass is 317 g/mol. The van der Waals surface area contributed by atoms with E-state index in [9.17, 15) is 18.0 Å². The van der Waals surface area contributed by atoms with Gasteiger partial charge in [-0.15, -0.1) is 11.3 Å². The Balaban J connectivity index is 2.44. The Hall–Kier alpha value is -1.61. The Morgan fingerprint density at radius 3 is 2.25 bits per heavy atom. The lowest BCUT2D eigenvalue weighted by molar-refractivity contribution is 0.100. The van der Waals surface area contributed by atoms with Crippen LogP contribution in [0.3, 0.4) is 0 Å².